The predicted octanol–water partition coefficient (Wildman–Crippen LogP) is 30.1. The lowest BCUT2D eigenvalue weighted by Crippen LogP contribution is -2.00. The maximum atomic E-state index is 5.23. The Morgan fingerprint density at radius 2 is 0.325 bits per heavy atom. The first-order chi connectivity index (χ1) is 62.1. The summed E-state index contributed by atoms with van der Waals surface area (Å²) in [7, 11) is 0. The number of nitrogens with zero attached hydrogens (tertiary/aromatic N) is 12. The normalized spacial score (nSPS) is 11.5. The first kappa shape index (κ1) is 77.7. The molecule has 0 amide bonds. The molecule has 0 aliphatic heterocycles. The van der Waals surface area contributed by atoms with Gasteiger partial charge in [0.2, 0.25) is 0 Å². The Bertz CT molecular complexity index is 7320. The Hall–Kier alpha value is -14.3. The molecule has 126 heavy (non-hydrogen) atoms. The van der Waals surface area contributed by atoms with Crippen LogP contribution in [0.1, 0.15) is 35.8 Å². The highest BCUT2D eigenvalue weighted by Gasteiger charge is 2.21. The fourth-order valence-electron chi connectivity index (χ4n) is 15.9. The van der Waals surface area contributed by atoms with Crippen molar-refractivity contribution in [2.75, 3.05) is 0 Å². The van der Waals surface area contributed by atoms with Gasteiger partial charge in [0, 0.05) is 50.1 Å². The Kier molecular flexibility index (Phi) is 20.8. The number of aryl methyl sites for hydroxylation is 3. The summed E-state index contributed by atoms with van der Waals surface area (Å²) in [6.45, 7) is 6.45. The van der Waals surface area contributed by atoms with E-state index in [9.17, 15) is 0 Å². The highest BCUT2D eigenvalue weighted by atomic mass is 32.1. The van der Waals surface area contributed by atoms with E-state index in [1.54, 1.807) is 68.0 Å². The smallest absolute Gasteiger partial charge is 0.164 e. The van der Waals surface area contributed by atoms with Crippen molar-refractivity contribution < 1.29 is 0 Å². The number of rotatable bonds is 18. The van der Waals surface area contributed by atoms with Crippen molar-refractivity contribution >= 4 is 129 Å². The van der Waals surface area contributed by atoms with Crippen molar-refractivity contribution in [1.29, 1.82) is 0 Å². The van der Waals surface area contributed by atoms with Crippen LogP contribution in [0.4, 0.5) is 0 Å². The summed E-state index contributed by atoms with van der Waals surface area (Å²) in [5.41, 5.74) is 27.8. The first-order valence-corrected chi connectivity index (χ1v) is 46.7. The summed E-state index contributed by atoms with van der Waals surface area (Å²) in [4.78, 5) is 60.9. The van der Waals surface area contributed by atoms with Gasteiger partial charge in [-0.25, -0.2) is 59.8 Å². The van der Waals surface area contributed by atoms with Gasteiger partial charge in [-0.3, -0.25) is 0 Å². The minimum atomic E-state index is 0.587. The van der Waals surface area contributed by atoms with E-state index in [0.29, 0.717) is 34.9 Å². The van der Waals surface area contributed by atoms with Gasteiger partial charge in [-0.2, -0.15) is 0 Å². The number of thiazole rings is 6. The Morgan fingerprint density at radius 1 is 0.151 bits per heavy atom. The second kappa shape index (κ2) is 33.7. The quantitative estimate of drug-likeness (QED) is 0.0803. The van der Waals surface area contributed by atoms with Gasteiger partial charge in [0.25, 0.3) is 0 Å². The van der Waals surface area contributed by atoms with Crippen LogP contribution in [0.2, 0.25) is 0 Å². The fraction of sp³-hybridized carbons (Fsp3) is 0.0556. The summed E-state index contributed by atoms with van der Waals surface area (Å²) >= 11 is 10.4. The van der Waals surface area contributed by atoms with Gasteiger partial charge in [-0.15, -0.1) is 68.0 Å². The molecule has 0 spiro atoms. The van der Waals surface area contributed by atoms with Crippen molar-refractivity contribution in [3.63, 3.8) is 0 Å². The third-order valence-corrected chi connectivity index (χ3v) is 29.2. The second-order valence-corrected chi connectivity index (χ2v) is 37.2. The van der Waals surface area contributed by atoms with E-state index >= 15 is 0 Å². The van der Waals surface area contributed by atoms with Crippen molar-refractivity contribution in [3.05, 3.63) is 361 Å². The Morgan fingerprint density at radius 3 is 0.532 bits per heavy atom. The molecule has 23 aromatic rings. The maximum Gasteiger partial charge on any atom is 0.164 e. The van der Waals surface area contributed by atoms with E-state index in [2.05, 4.69) is 348 Å². The molecule has 0 atom stereocenters. The molecule has 0 bridgehead atoms. The minimum absolute atomic E-state index is 0.587. The van der Waals surface area contributed by atoms with Crippen LogP contribution in [0, 0.1) is 0 Å². The van der Waals surface area contributed by atoms with Crippen molar-refractivity contribution in [3.8, 4) is 167 Å². The standard InChI is InChI=1S/C60H36N6S3.C48H36N6S3/c1-4-13-37(14-5-1)58-61-49-34-43(25-28-52(49)67-58)40-19-10-22-46(31-40)55-64-56(47-23-11-20-41(32-47)44-26-29-53-50(35-44)62-59(68-53)38-15-6-2-7-16-38)66-57(65-55)48-24-12-21-42(33-48)45-27-30-54-51(36-45)63-60(69-54)39-17-8-3-9-18-39;1-4-43-49-37-25-31(16-19-40(37)55-43)28-10-7-13-34(22-28)46-52-47(35-14-8-11-29(23-35)32-17-20-41-38(26-32)50-44(5-2)56-41)54-48(53-46)36-15-9-12-30(24-36)33-18-21-42-39(27-33)51-45(6-3)57-42/h1-36H;7-27H,4-6H2,1-3H3. The molecule has 0 saturated carbocycles. The molecule has 18 heteroatoms. The molecule has 8 heterocycles. The third kappa shape index (κ3) is 15.9. The lowest BCUT2D eigenvalue weighted by atomic mass is 10.0. The molecule has 8 aromatic heterocycles. The third-order valence-electron chi connectivity index (χ3n) is 22.4. The van der Waals surface area contributed by atoms with Crippen molar-refractivity contribution in [2.45, 2.75) is 40.0 Å². The minimum Gasteiger partial charge on any atom is -0.241 e. The summed E-state index contributed by atoms with van der Waals surface area (Å²) in [5.74, 6) is 3.60. The lowest BCUT2D eigenvalue weighted by molar-refractivity contribution is 1.07. The molecule has 0 aliphatic carbocycles. The van der Waals surface area contributed by atoms with Gasteiger partial charge in [-0.1, -0.05) is 257 Å². The summed E-state index contributed by atoms with van der Waals surface area (Å²) in [6, 6.07) is 121. The maximum absolute atomic E-state index is 5.23. The number of benzene rings is 15. The largest absolute Gasteiger partial charge is 0.241 e. The molecule has 600 valence electrons. The van der Waals surface area contributed by atoms with Gasteiger partial charge >= 0.3 is 0 Å². The average Bonchev–Trinajstić information content (AvgIpc) is 1.47. The number of hydrogen-bond acceptors (Lipinski definition) is 18. The zero-order valence-corrected chi connectivity index (χ0v) is 73.2. The van der Waals surface area contributed by atoms with Crippen LogP contribution < -0.4 is 0 Å². The molecule has 15 aromatic carbocycles. The van der Waals surface area contributed by atoms with Crippen LogP contribution in [-0.4, -0.2) is 59.8 Å². The number of aromatic nitrogens is 12. The lowest BCUT2D eigenvalue weighted by Gasteiger charge is -2.11. The molecule has 0 N–H and O–H groups in total. The predicted molar refractivity (Wildman–Crippen MR) is 528 cm³/mol. The molecule has 23 rings (SSSR count). The number of fused-ring (bicyclic) bond motifs is 6. The molecular formula is C108H72N12S6. The van der Waals surface area contributed by atoms with Crippen molar-refractivity contribution in [2.24, 2.45) is 0 Å². The summed E-state index contributed by atoms with van der Waals surface area (Å²) in [6.07, 6.45) is 2.80. The van der Waals surface area contributed by atoms with Gasteiger partial charge in [0.15, 0.2) is 34.9 Å². The first-order valence-electron chi connectivity index (χ1n) is 41.8. The summed E-state index contributed by atoms with van der Waals surface area (Å²) < 4.78 is 7.07. The molecule has 0 radical (unpaired) electrons. The van der Waals surface area contributed by atoms with Crippen LogP contribution in [0.5, 0.6) is 0 Å². The Balaban J connectivity index is 0.000000152. The van der Waals surface area contributed by atoms with E-state index in [1.807, 2.05) is 18.2 Å². The van der Waals surface area contributed by atoms with Crippen molar-refractivity contribution in [1.82, 2.24) is 59.8 Å². The van der Waals surface area contributed by atoms with Gasteiger partial charge in [-0.05, 0) is 195 Å². The topological polar surface area (TPSA) is 155 Å². The van der Waals surface area contributed by atoms with E-state index in [0.717, 1.165) is 213 Å². The van der Waals surface area contributed by atoms with E-state index in [4.69, 9.17) is 59.8 Å². The summed E-state index contributed by atoms with van der Waals surface area (Å²) in [5, 5.41) is 6.48. The molecule has 0 unspecified atom stereocenters. The van der Waals surface area contributed by atoms with Crippen LogP contribution >= 0.6 is 68.0 Å². The average molecular weight is 1730 g/mol. The van der Waals surface area contributed by atoms with Crippen LogP contribution in [-0.2, 0) is 19.3 Å². The zero-order chi connectivity index (χ0) is 84.1. The van der Waals surface area contributed by atoms with Crippen LogP contribution in [0.3, 0.4) is 0 Å². The number of hydrogen-bond donors (Lipinski definition) is 0. The molecule has 0 fully saturated rings. The Labute approximate surface area is 750 Å². The van der Waals surface area contributed by atoms with Crippen LogP contribution in [0.25, 0.3) is 228 Å². The van der Waals surface area contributed by atoms with Crippen LogP contribution in [0.15, 0.2) is 346 Å². The molecular weight excluding hydrogens is 1660 g/mol. The molecule has 0 aliphatic rings. The van der Waals surface area contributed by atoms with E-state index in [-0.39, 0.29) is 0 Å². The van der Waals surface area contributed by atoms with E-state index < -0.39 is 0 Å². The van der Waals surface area contributed by atoms with Gasteiger partial charge < -0.3 is 0 Å². The van der Waals surface area contributed by atoms with E-state index in [1.165, 1.54) is 14.1 Å². The monoisotopic (exact) mass is 1730 g/mol. The zero-order valence-electron chi connectivity index (χ0n) is 68.3. The highest BCUT2D eigenvalue weighted by Crippen LogP contribution is 2.42. The van der Waals surface area contributed by atoms with Gasteiger partial charge in [0.1, 0.15) is 15.0 Å². The van der Waals surface area contributed by atoms with Gasteiger partial charge in [0.05, 0.1) is 76.3 Å². The SMILES string of the molecule is CCc1nc2cc(-c3cccc(-c4nc(-c5cccc(-c6ccc7sc(CC)nc7c6)c5)nc(-c5cccc(-c6ccc7sc(CC)nc7c6)c5)n4)c3)ccc2s1.c1ccc(-c2nc3cc(-c4cccc(-c5nc(-c6cccc(-c7ccc8sc(-c9ccccc9)nc8c7)c6)nc(-c6cccc(-c7ccc8sc(-c9ccccc9)nc8c7)c6)n5)c4)ccc3s2)cc1. The highest BCUT2D eigenvalue weighted by molar-refractivity contribution is 7.22. The fourth-order valence-corrected chi connectivity index (χ4v) is 21.4. The molecule has 12 nitrogen and oxygen atoms in total. The molecule has 0 saturated heterocycles. The second-order valence-electron chi connectivity index (χ2n) is 30.7.